The standard InChI is InChI=1S/C22H21F3N2O2.C2H6/c1-22(24,25)13-15-4-2-3-5-16(15)17-12-14-6-7-18(27-8-10-29-11-9-27)20(23)19(14)21(28)26-17;1-2/h2-7,12H,8-11,13H2,1H3,(H,26,28);1-2H3. The average molecular weight is 432 g/mol. The van der Waals surface area contributed by atoms with Crippen LogP contribution < -0.4 is 10.5 Å². The topological polar surface area (TPSA) is 45.3 Å². The summed E-state index contributed by atoms with van der Waals surface area (Å²) in [6.45, 7) is 6.97. The van der Waals surface area contributed by atoms with Gasteiger partial charge in [-0.3, -0.25) is 4.79 Å². The van der Waals surface area contributed by atoms with Gasteiger partial charge in [-0.15, -0.1) is 0 Å². The van der Waals surface area contributed by atoms with Crippen LogP contribution in [0.1, 0.15) is 26.3 Å². The number of nitrogens with one attached hydrogen (secondary N) is 1. The van der Waals surface area contributed by atoms with Crippen LogP contribution in [-0.4, -0.2) is 37.2 Å². The molecular weight excluding hydrogens is 405 g/mol. The molecule has 1 N–H and O–H groups in total. The Bertz CT molecular complexity index is 1100. The molecule has 0 saturated carbocycles. The van der Waals surface area contributed by atoms with E-state index < -0.39 is 23.7 Å². The molecule has 4 rings (SSSR count). The summed E-state index contributed by atoms with van der Waals surface area (Å²) < 4.78 is 47.6. The molecule has 166 valence electrons. The minimum Gasteiger partial charge on any atom is -0.378 e. The zero-order valence-corrected chi connectivity index (χ0v) is 18.0. The van der Waals surface area contributed by atoms with Gasteiger partial charge in [-0.25, -0.2) is 13.2 Å². The minimum atomic E-state index is -2.88. The highest BCUT2D eigenvalue weighted by molar-refractivity contribution is 5.89. The Labute approximate surface area is 179 Å². The highest BCUT2D eigenvalue weighted by Crippen LogP contribution is 2.31. The first-order valence-electron chi connectivity index (χ1n) is 10.5. The van der Waals surface area contributed by atoms with E-state index >= 15 is 4.39 Å². The molecule has 0 unspecified atom stereocenters. The van der Waals surface area contributed by atoms with Gasteiger partial charge in [0.2, 0.25) is 5.92 Å². The molecule has 1 aromatic heterocycles. The average Bonchev–Trinajstić information content (AvgIpc) is 2.75. The predicted octanol–water partition coefficient (Wildman–Crippen LogP) is 5.39. The minimum absolute atomic E-state index is 0.0314. The SMILES string of the molecule is CC.CC(F)(F)Cc1ccccc1-c1cc2ccc(N3CCOCC3)c(F)c2c(=O)[nH]1. The fourth-order valence-corrected chi connectivity index (χ4v) is 3.77. The van der Waals surface area contributed by atoms with Crippen LogP contribution in [0.15, 0.2) is 47.3 Å². The van der Waals surface area contributed by atoms with Crippen molar-refractivity contribution >= 4 is 16.5 Å². The van der Waals surface area contributed by atoms with Gasteiger partial charge < -0.3 is 14.6 Å². The van der Waals surface area contributed by atoms with Crippen LogP contribution in [0.4, 0.5) is 18.9 Å². The number of nitrogens with zero attached hydrogens (tertiary/aromatic N) is 1. The van der Waals surface area contributed by atoms with E-state index in [0.717, 1.165) is 6.92 Å². The van der Waals surface area contributed by atoms with E-state index in [0.29, 0.717) is 54.2 Å². The summed E-state index contributed by atoms with van der Waals surface area (Å²) in [5, 5.41) is 0.396. The van der Waals surface area contributed by atoms with Gasteiger partial charge in [-0.2, -0.15) is 0 Å². The zero-order chi connectivity index (χ0) is 22.6. The molecule has 2 heterocycles. The highest BCUT2D eigenvalue weighted by atomic mass is 19.3. The summed E-state index contributed by atoms with van der Waals surface area (Å²) in [6, 6.07) is 11.7. The van der Waals surface area contributed by atoms with Crippen LogP contribution in [0.3, 0.4) is 0 Å². The normalized spacial score (nSPS) is 14.3. The van der Waals surface area contributed by atoms with E-state index in [2.05, 4.69) is 4.98 Å². The molecule has 1 fully saturated rings. The van der Waals surface area contributed by atoms with E-state index in [1.807, 2.05) is 18.7 Å². The smallest absolute Gasteiger partial charge is 0.259 e. The van der Waals surface area contributed by atoms with Crippen LogP contribution >= 0.6 is 0 Å². The number of morpholine rings is 1. The maximum atomic E-state index is 15.1. The summed E-state index contributed by atoms with van der Waals surface area (Å²) >= 11 is 0. The van der Waals surface area contributed by atoms with Gasteiger partial charge >= 0.3 is 0 Å². The number of hydrogen-bond donors (Lipinski definition) is 1. The van der Waals surface area contributed by atoms with E-state index in [4.69, 9.17) is 4.74 Å². The van der Waals surface area contributed by atoms with Crippen molar-refractivity contribution in [3.05, 3.63) is 64.2 Å². The van der Waals surface area contributed by atoms with E-state index in [1.54, 1.807) is 42.5 Å². The molecule has 2 aromatic carbocycles. The lowest BCUT2D eigenvalue weighted by Crippen LogP contribution is -2.36. The maximum absolute atomic E-state index is 15.1. The van der Waals surface area contributed by atoms with Crippen molar-refractivity contribution in [2.45, 2.75) is 33.1 Å². The molecule has 1 aliphatic rings. The quantitative estimate of drug-likeness (QED) is 0.601. The van der Waals surface area contributed by atoms with Gasteiger partial charge in [0.1, 0.15) is 0 Å². The molecule has 4 nitrogen and oxygen atoms in total. The summed E-state index contributed by atoms with van der Waals surface area (Å²) in [5.74, 6) is -3.46. The first kappa shape index (κ1) is 22.9. The van der Waals surface area contributed by atoms with Gasteiger partial charge in [-0.05, 0) is 30.0 Å². The molecule has 0 bridgehead atoms. The second kappa shape index (κ2) is 9.56. The Morgan fingerprint density at radius 3 is 2.45 bits per heavy atom. The van der Waals surface area contributed by atoms with Crippen molar-refractivity contribution in [1.82, 2.24) is 4.98 Å². The molecular formula is C24H27F3N2O2. The first-order valence-corrected chi connectivity index (χ1v) is 10.5. The number of hydrogen-bond acceptors (Lipinski definition) is 3. The second-order valence-electron chi connectivity index (χ2n) is 7.38. The molecule has 0 amide bonds. The second-order valence-corrected chi connectivity index (χ2v) is 7.38. The van der Waals surface area contributed by atoms with Crippen molar-refractivity contribution < 1.29 is 17.9 Å². The van der Waals surface area contributed by atoms with E-state index in [-0.39, 0.29) is 5.39 Å². The molecule has 1 saturated heterocycles. The number of alkyl halides is 2. The Kier molecular flexibility index (Phi) is 7.05. The number of benzene rings is 2. The third-order valence-electron chi connectivity index (χ3n) is 5.09. The molecule has 3 aromatic rings. The van der Waals surface area contributed by atoms with E-state index in [1.165, 1.54) is 0 Å². The summed E-state index contributed by atoms with van der Waals surface area (Å²) in [5.41, 5.74) is 1.10. The van der Waals surface area contributed by atoms with Crippen molar-refractivity contribution in [2.24, 2.45) is 0 Å². The van der Waals surface area contributed by atoms with Crippen LogP contribution in [0.25, 0.3) is 22.0 Å². The first-order chi connectivity index (χ1) is 14.8. The number of rotatable bonds is 4. The van der Waals surface area contributed by atoms with Crippen LogP contribution in [0.2, 0.25) is 0 Å². The number of pyridine rings is 1. The van der Waals surface area contributed by atoms with Gasteiger partial charge in [-0.1, -0.05) is 44.2 Å². The van der Waals surface area contributed by atoms with Crippen molar-refractivity contribution in [1.29, 1.82) is 0 Å². The fourth-order valence-electron chi connectivity index (χ4n) is 3.77. The molecule has 0 radical (unpaired) electrons. The monoisotopic (exact) mass is 432 g/mol. The van der Waals surface area contributed by atoms with E-state index in [9.17, 15) is 13.6 Å². The van der Waals surface area contributed by atoms with Crippen molar-refractivity contribution in [3.63, 3.8) is 0 Å². The maximum Gasteiger partial charge on any atom is 0.259 e. The largest absolute Gasteiger partial charge is 0.378 e. The summed E-state index contributed by atoms with van der Waals surface area (Å²) in [7, 11) is 0. The lowest BCUT2D eigenvalue weighted by atomic mass is 9.97. The molecule has 0 aliphatic carbocycles. The number of halogens is 3. The van der Waals surface area contributed by atoms with Gasteiger partial charge in [0.25, 0.3) is 5.56 Å². The zero-order valence-electron chi connectivity index (χ0n) is 18.0. The number of fused-ring (bicyclic) bond motifs is 1. The Morgan fingerprint density at radius 2 is 1.77 bits per heavy atom. The lowest BCUT2D eigenvalue weighted by molar-refractivity contribution is 0.0227. The molecule has 0 atom stereocenters. The fraction of sp³-hybridized carbons (Fsp3) is 0.375. The van der Waals surface area contributed by atoms with Crippen LogP contribution in [-0.2, 0) is 11.2 Å². The van der Waals surface area contributed by atoms with Crippen LogP contribution in [0, 0.1) is 5.82 Å². The molecule has 1 aliphatic heterocycles. The third kappa shape index (κ3) is 5.10. The number of ether oxygens (including phenoxy) is 1. The summed E-state index contributed by atoms with van der Waals surface area (Å²) in [6.07, 6.45) is -0.451. The number of aromatic amines is 1. The number of aromatic nitrogens is 1. The Hall–Kier alpha value is -2.80. The van der Waals surface area contributed by atoms with Gasteiger partial charge in [0.15, 0.2) is 5.82 Å². The number of H-pyrrole nitrogens is 1. The molecule has 31 heavy (non-hydrogen) atoms. The molecule has 0 spiro atoms. The van der Waals surface area contributed by atoms with Gasteiger partial charge in [0, 0.05) is 30.8 Å². The van der Waals surface area contributed by atoms with Crippen LogP contribution in [0.5, 0.6) is 0 Å². The van der Waals surface area contributed by atoms with Gasteiger partial charge in [0.05, 0.1) is 24.3 Å². The van der Waals surface area contributed by atoms with Crippen molar-refractivity contribution in [3.8, 4) is 11.3 Å². The summed E-state index contributed by atoms with van der Waals surface area (Å²) in [4.78, 5) is 17.3. The predicted molar refractivity (Wildman–Crippen MR) is 119 cm³/mol. The van der Waals surface area contributed by atoms with Crippen molar-refractivity contribution in [2.75, 3.05) is 31.2 Å². The Balaban J connectivity index is 0.00000132. The third-order valence-corrected chi connectivity index (χ3v) is 5.09. The highest BCUT2D eigenvalue weighted by Gasteiger charge is 2.24. The number of anilines is 1. The lowest BCUT2D eigenvalue weighted by Gasteiger charge is -2.29. The Morgan fingerprint density at radius 1 is 1.10 bits per heavy atom. The molecule has 7 heteroatoms.